The number of esters is 2. The van der Waals surface area contributed by atoms with Crippen molar-refractivity contribution in [1.29, 1.82) is 0 Å². The standard InChI is InChI=1S/C18H26O8/c1-17(7-19,8-20)11-25-15(23)13-5-3-4-6-14(13)16(24)26-12-18(2,9-21)10-22/h3-6,19-22H,7-12H2,1-2H3. The van der Waals surface area contributed by atoms with Gasteiger partial charge in [0.2, 0.25) is 0 Å². The van der Waals surface area contributed by atoms with Gasteiger partial charge in [0.15, 0.2) is 0 Å². The number of rotatable bonds is 10. The minimum Gasteiger partial charge on any atom is -0.461 e. The molecule has 0 unspecified atom stereocenters. The van der Waals surface area contributed by atoms with E-state index in [1.165, 1.54) is 12.1 Å². The van der Waals surface area contributed by atoms with Gasteiger partial charge >= 0.3 is 11.9 Å². The van der Waals surface area contributed by atoms with Crippen LogP contribution in [0.5, 0.6) is 0 Å². The lowest BCUT2D eigenvalue weighted by Crippen LogP contribution is -2.33. The molecule has 0 saturated carbocycles. The first-order chi connectivity index (χ1) is 12.2. The van der Waals surface area contributed by atoms with Crippen molar-refractivity contribution in [2.75, 3.05) is 39.6 Å². The fourth-order valence-electron chi connectivity index (χ4n) is 1.76. The molecule has 0 aromatic heterocycles. The summed E-state index contributed by atoms with van der Waals surface area (Å²) in [5.41, 5.74) is -2.03. The van der Waals surface area contributed by atoms with Crippen LogP contribution in [0, 0.1) is 10.8 Å². The van der Waals surface area contributed by atoms with Crippen LogP contribution in [0.1, 0.15) is 34.6 Å². The fraction of sp³-hybridized carbons (Fsp3) is 0.556. The Bertz CT molecular complexity index is 552. The topological polar surface area (TPSA) is 134 Å². The summed E-state index contributed by atoms with van der Waals surface area (Å²) in [7, 11) is 0. The lowest BCUT2D eigenvalue weighted by atomic mass is 9.94. The van der Waals surface area contributed by atoms with Gasteiger partial charge in [-0.25, -0.2) is 9.59 Å². The van der Waals surface area contributed by atoms with Gasteiger partial charge < -0.3 is 29.9 Å². The van der Waals surface area contributed by atoms with Crippen molar-refractivity contribution in [3.63, 3.8) is 0 Å². The van der Waals surface area contributed by atoms with Crippen LogP contribution >= 0.6 is 0 Å². The molecular formula is C18H26O8. The maximum atomic E-state index is 12.3. The van der Waals surface area contributed by atoms with Crippen LogP contribution in [0.4, 0.5) is 0 Å². The maximum Gasteiger partial charge on any atom is 0.339 e. The first-order valence-electron chi connectivity index (χ1n) is 8.11. The van der Waals surface area contributed by atoms with Crippen molar-refractivity contribution in [2.24, 2.45) is 10.8 Å². The highest BCUT2D eigenvalue weighted by Crippen LogP contribution is 2.19. The zero-order valence-corrected chi connectivity index (χ0v) is 15.0. The normalized spacial score (nSPS) is 11.9. The van der Waals surface area contributed by atoms with E-state index in [1.54, 1.807) is 26.0 Å². The van der Waals surface area contributed by atoms with Gasteiger partial charge in [-0.15, -0.1) is 0 Å². The first kappa shape index (κ1) is 22.0. The van der Waals surface area contributed by atoms with Crippen LogP contribution in [-0.4, -0.2) is 72.0 Å². The fourth-order valence-corrected chi connectivity index (χ4v) is 1.76. The third-order valence-electron chi connectivity index (χ3n) is 4.00. The van der Waals surface area contributed by atoms with Crippen LogP contribution in [0.15, 0.2) is 24.3 Å². The van der Waals surface area contributed by atoms with Gasteiger partial charge in [0.25, 0.3) is 0 Å². The van der Waals surface area contributed by atoms with E-state index in [1.807, 2.05) is 0 Å². The molecule has 0 bridgehead atoms. The lowest BCUT2D eigenvalue weighted by molar-refractivity contribution is -0.00918. The van der Waals surface area contributed by atoms with E-state index in [4.69, 9.17) is 9.47 Å². The average Bonchev–Trinajstić information content (AvgIpc) is 2.69. The molecule has 8 heteroatoms. The molecular weight excluding hydrogens is 344 g/mol. The van der Waals surface area contributed by atoms with E-state index in [0.717, 1.165) is 0 Å². The average molecular weight is 370 g/mol. The zero-order chi connectivity index (χ0) is 19.8. The number of carbonyl (C=O) groups excluding carboxylic acids is 2. The second kappa shape index (κ2) is 9.63. The third-order valence-corrected chi connectivity index (χ3v) is 4.00. The summed E-state index contributed by atoms with van der Waals surface area (Å²) < 4.78 is 10.2. The Labute approximate surface area is 152 Å². The molecule has 4 N–H and O–H groups in total. The predicted octanol–water partition coefficient (Wildman–Crippen LogP) is -0.0180. The van der Waals surface area contributed by atoms with Gasteiger partial charge in [-0.3, -0.25) is 0 Å². The molecule has 0 fully saturated rings. The molecule has 0 atom stereocenters. The molecule has 26 heavy (non-hydrogen) atoms. The minimum absolute atomic E-state index is 0.0228. The highest BCUT2D eigenvalue weighted by molar-refractivity contribution is 6.03. The van der Waals surface area contributed by atoms with Gasteiger partial charge in [0.05, 0.1) is 37.6 Å². The third kappa shape index (κ3) is 5.77. The highest BCUT2D eigenvalue weighted by Gasteiger charge is 2.28. The molecule has 146 valence electrons. The predicted molar refractivity (Wildman–Crippen MR) is 91.6 cm³/mol. The molecule has 0 heterocycles. The monoisotopic (exact) mass is 370 g/mol. The van der Waals surface area contributed by atoms with E-state index in [0.29, 0.717) is 0 Å². The molecule has 0 radical (unpaired) electrons. The van der Waals surface area contributed by atoms with Gasteiger partial charge in [-0.2, -0.15) is 0 Å². The van der Waals surface area contributed by atoms with Crippen molar-refractivity contribution in [3.8, 4) is 0 Å². The summed E-state index contributed by atoms with van der Waals surface area (Å²) in [5, 5.41) is 37.0. The summed E-state index contributed by atoms with van der Waals surface area (Å²) in [5.74, 6) is -1.59. The zero-order valence-electron chi connectivity index (χ0n) is 15.0. The summed E-state index contributed by atoms with van der Waals surface area (Å²) in [6.45, 7) is 1.15. The molecule has 0 aliphatic carbocycles. The number of benzene rings is 1. The van der Waals surface area contributed by atoms with Crippen LogP contribution in [0.2, 0.25) is 0 Å². The molecule has 1 rings (SSSR count). The minimum atomic E-state index is -0.991. The molecule has 0 spiro atoms. The number of ether oxygens (including phenoxy) is 2. The second-order valence-corrected chi connectivity index (χ2v) is 6.95. The van der Waals surface area contributed by atoms with E-state index in [2.05, 4.69) is 0 Å². The van der Waals surface area contributed by atoms with Crippen molar-refractivity contribution in [3.05, 3.63) is 35.4 Å². The first-order valence-corrected chi connectivity index (χ1v) is 8.11. The van der Waals surface area contributed by atoms with Gasteiger partial charge in [-0.1, -0.05) is 26.0 Å². The number of hydrogen-bond acceptors (Lipinski definition) is 8. The number of aliphatic hydroxyl groups is 4. The number of hydrogen-bond donors (Lipinski definition) is 4. The smallest absolute Gasteiger partial charge is 0.339 e. The Morgan fingerprint density at radius 1 is 0.769 bits per heavy atom. The molecule has 1 aromatic rings. The van der Waals surface area contributed by atoms with E-state index in [-0.39, 0.29) is 50.8 Å². The molecule has 0 saturated heterocycles. The maximum absolute atomic E-state index is 12.3. The molecule has 0 aliphatic rings. The van der Waals surface area contributed by atoms with Crippen LogP contribution < -0.4 is 0 Å². The van der Waals surface area contributed by atoms with Crippen molar-refractivity contribution in [1.82, 2.24) is 0 Å². The summed E-state index contributed by atoms with van der Waals surface area (Å²) >= 11 is 0. The van der Waals surface area contributed by atoms with Crippen LogP contribution in [-0.2, 0) is 9.47 Å². The number of aliphatic hydroxyl groups excluding tert-OH is 4. The Morgan fingerprint density at radius 3 is 1.35 bits per heavy atom. The quantitative estimate of drug-likeness (QED) is 0.422. The number of carbonyl (C=O) groups is 2. The van der Waals surface area contributed by atoms with Crippen molar-refractivity contribution >= 4 is 11.9 Å². The summed E-state index contributed by atoms with van der Waals surface area (Å²) in [4.78, 5) is 24.6. The summed E-state index contributed by atoms with van der Waals surface area (Å²) in [6, 6.07) is 5.89. The molecule has 0 amide bonds. The second-order valence-electron chi connectivity index (χ2n) is 6.95. The Kier molecular flexibility index (Phi) is 8.16. The lowest BCUT2D eigenvalue weighted by Gasteiger charge is -2.24. The van der Waals surface area contributed by atoms with Crippen LogP contribution in [0.3, 0.4) is 0 Å². The van der Waals surface area contributed by atoms with Gasteiger partial charge in [0.1, 0.15) is 13.2 Å². The van der Waals surface area contributed by atoms with Gasteiger partial charge in [-0.05, 0) is 12.1 Å². The highest BCUT2D eigenvalue weighted by atomic mass is 16.5. The Morgan fingerprint density at radius 2 is 1.08 bits per heavy atom. The van der Waals surface area contributed by atoms with E-state index in [9.17, 15) is 30.0 Å². The van der Waals surface area contributed by atoms with E-state index >= 15 is 0 Å². The molecule has 0 aliphatic heterocycles. The molecule has 8 nitrogen and oxygen atoms in total. The molecule has 1 aromatic carbocycles. The largest absolute Gasteiger partial charge is 0.461 e. The Balaban J connectivity index is 2.86. The van der Waals surface area contributed by atoms with Crippen LogP contribution in [0.25, 0.3) is 0 Å². The van der Waals surface area contributed by atoms with E-state index < -0.39 is 22.8 Å². The summed E-state index contributed by atoms with van der Waals surface area (Å²) in [6.07, 6.45) is 0. The van der Waals surface area contributed by atoms with Gasteiger partial charge in [0, 0.05) is 10.8 Å². The van der Waals surface area contributed by atoms with Crippen molar-refractivity contribution < 1.29 is 39.5 Å². The SMILES string of the molecule is CC(CO)(CO)COC(=O)c1ccccc1C(=O)OCC(C)(CO)CO. The Hall–Kier alpha value is -2.00. The van der Waals surface area contributed by atoms with Crippen molar-refractivity contribution in [2.45, 2.75) is 13.8 Å².